The molecule has 2 unspecified atom stereocenters. The summed E-state index contributed by atoms with van der Waals surface area (Å²) >= 11 is 6.37. The highest BCUT2D eigenvalue weighted by Crippen LogP contribution is 2.38. The molecule has 11 heteroatoms. The Balaban J connectivity index is 1.29. The molecule has 8 nitrogen and oxygen atoms in total. The minimum Gasteiger partial charge on any atom is -0.481 e. The molecule has 0 radical (unpaired) electrons. The molecule has 1 saturated heterocycles. The minimum atomic E-state index is -2.99. The van der Waals surface area contributed by atoms with E-state index in [0.29, 0.717) is 32.2 Å². The number of rotatable bonds is 8. The second-order valence-corrected chi connectivity index (χ2v) is 11.0. The number of likely N-dealkylation sites (tertiary alicyclic amines) is 1. The second-order valence-electron chi connectivity index (χ2n) is 10.6. The third kappa shape index (κ3) is 5.70. The first kappa shape index (κ1) is 28.4. The van der Waals surface area contributed by atoms with Gasteiger partial charge < -0.3 is 15.2 Å². The molecule has 2 aliphatic heterocycles. The highest BCUT2D eigenvalue weighted by molar-refractivity contribution is 6.34. The summed E-state index contributed by atoms with van der Waals surface area (Å²) in [6.45, 7) is 0.991. The molecule has 1 saturated carbocycles. The Morgan fingerprint density at radius 2 is 1.75 bits per heavy atom. The maximum Gasteiger partial charge on any atom is 0.333 e. The number of carbonyl (C=O) groups excluding carboxylic acids is 2. The summed E-state index contributed by atoms with van der Waals surface area (Å²) < 4.78 is 37.7. The Hall–Kier alpha value is -3.08. The summed E-state index contributed by atoms with van der Waals surface area (Å²) in [5, 5.41) is 12.0. The van der Waals surface area contributed by atoms with Crippen LogP contribution in [0.3, 0.4) is 0 Å². The highest BCUT2D eigenvalue weighted by Gasteiger charge is 2.52. The van der Waals surface area contributed by atoms with Crippen molar-refractivity contribution in [2.75, 3.05) is 29.9 Å². The standard InChI is InChI=1S/C29H32ClF2N3O5/c30-22-17-20(9-12-23(22)33-28(39)35-16-13-18-5-1-2-6-24(18)35)25(31)26(36)29(32,34-14-3-4-15-34)40-21-10-7-19(8-11-21)27(37)38/h1-2,5-6,9,12,17,19,21,25H,3-4,7-8,10-11,13-16H2,(H,33,39)(H,37,38). The number of hydrogen-bond acceptors (Lipinski definition) is 5. The SMILES string of the molecule is O=C(O)C1CCC(OC(F)(C(=O)C(F)c2ccc(NC(=O)N3CCc4ccccc43)c(Cl)c2)N2CCCC2)CC1. The van der Waals surface area contributed by atoms with Crippen LogP contribution in [-0.4, -0.2) is 59.5 Å². The number of fused-ring (bicyclic) bond motifs is 1. The summed E-state index contributed by atoms with van der Waals surface area (Å²) in [5.74, 6) is -5.81. The number of alkyl halides is 2. The summed E-state index contributed by atoms with van der Waals surface area (Å²) in [6, 6.07) is 11.1. The number of halogens is 3. The average molecular weight is 576 g/mol. The van der Waals surface area contributed by atoms with Crippen molar-refractivity contribution in [3.8, 4) is 0 Å². The van der Waals surface area contributed by atoms with E-state index in [0.717, 1.165) is 17.7 Å². The number of anilines is 2. The predicted octanol–water partition coefficient (Wildman–Crippen LogP) is 5.89. The molecule has 5 rings (SSSR count). The Morgan fingerprint density at radius 1 is 1.05 bits per heavy atom. The molecule has 2 heterocycles. The topological polar surface area (TPSA) is 99.2 Å². The zero-order chi connectivity index (χ0) is 28.4. The van der Waals surface area contributed by atoms with E-state index in [9.17, 15) is 19.5 Å². The summed E-state index contributed by atoms with van der Waals surface area (Å²) in [7, 11) is 0. The van der Waals surface area contributed by atoms with Gasteiger partial charge in [-0.05, 0) is 74.3 Å². The van der Waals surface area contributed by atoms with E-state index in [4.69, 9.17) is 16.3 Å². The number of amides is 2. The smallest absolute Gasteiger partial charge is 0.333 e. The van der Waals surface area contributed by atoms with Gasteiger partial charge in [0.05, 0.1) is 22.7 Å². The average Bonchev–Trinajstić information content (AvgIpc) is 3.65. The van der Waals surface area contributed by atoms with Gasteiger partial charge in [-0.1, -0.05) is 35.9 Å². The normalized spacial score (nSPS) is 23.3. The second kappa shape index (κ2) is 11.8. The minimum absolute atomic E-state index is 0.00678. The molecule has 214 valence electrons. The van der Waals surface area contributed by atoms with Gasteiger partial charge in [0.15, 0.2) is 6.17 Å². The molecular weight excluding hydrogens is 544 g/mol. The molecule has 0 aromatic heterocycles. The lowest BCUT2D eigenvalue weighted by atomic mass is 9.87. The quantitative estimate of drug-likeness (QED) is 0.381. The fourth-order valence-corrected chi connectivity index (χ4v) is 6.01. The van der Waals surface area contributed by atoms with E-state index in [2.05, 4.69) is 5.32 Å². The molecule has 2 amide bonds. The van der Waals surface area contributed by atoms with Crippen molar-refractivity contribution in [3.05, 3.63) is 58.6 Å². The first-order valence-corrected chi connectivity index (χ1v) is 14.0. The van der Waals surface area contributed by atoms with Gasteiger partial charge in [-0.2, -0.15) is 4.39 Å². The highest BCUT2D eigenvalue weighted by atomic mass is 35.5. The molecular formula is C29H32ClF2N3O5. The Bertz CT molecular complexity index is 1280. The maximum atomic E-state index is 16.4. The van der Waals surface area contributed by atoms with Crippen molar-refractivity contribution >= 4 is 40.8 Å². The Labute approximate surface area is 236 Å². The van der Waals surface area contributed by atoms with Crippen molar-refractivity contribution in [2.24, 2.45) is 5.92 Å². The van der Waals surface area contributed by atoms with Gasteiger partial charge in [-0.3, -0.25) is 14.5 Å². The van der Waals surface area contributed by atoms with E-state index >= 15 is 8.78 Å². The van der Waals surface area contributed by atoms with Crippen molar-refractivity contribution in [2.45, 2.75) is 63.2 Å². The van der Waals surface area contributed by atoms with Crippen molar-refractivity contribution < 1.29 is 33.0 Å². The number of carboxylic acid groups (broad SMARTS) is 1. The fraction of sp³-hybridized carbons (Fsp3) is 0.483. The number of hydrogen-bond donors (Lipinski definition) is 2. The third-order valence-corrected chi connectivity index (χ3v) is 8.37. The number of nitrogens with zero attached hydrogens (tertiary/aromatic N) is 2. The molecule has 0 bridgehead atoms. The van der Waals surface area contributed by atoms with E-state index in [1.165, 1.54) is 23.1 Å². The zero-order valence-corrected chi connectivity index (χ0v) is 22.7. The first-order chi connectivity index (χ1) is 19.2. The number of carboxylic acids is 1. The summed E-state index contributed by atoms with van der Waals surface area (Å²) in [4.78, 5) is 40.3. The van der Waals surface area contributed by atoms with E-state index in [-0.39, 0.29) is 42.2 Å². The van der Waals surface area contributed by atoms with E-state index < -0.39 is 42.0 Å². The van der Waals surface area contributed by atoms with Crippen LogP contribution in [-0.2, 0) is 20.7 Å². The fourth-order valence-electron chi connectivity index (χ4n) is 5.77. The number of aliphatic carboxylic acids is 1. The van der Waals surface area contributed by atoms with Crippen LogP contribution in [0.2, 0.25) is 5.02 Å². The largest absolute Gasteiger partial charge is 0.481 e. The number of ether oxygens (including phenoxy) is 1. The molecule has 2 atom stereocenters. The van der Waals surface area contributed by atoms with Crippen molar-refractivity contribution in [1.82, 2.24) is 4.90 Å². The lowest BCUT2D eigenvalue weighted by molar-refractivity contribution is -0.255. The first-order valence-electron chi connectivity index (χ1n) is 13.7. The van der Waals surface area contributed by atoms with Gasteiger partial charge >= 0.3 is 18.0 Å². The van der Waals surface area contributed by atoms with Crippen LogP contribution in [0.4, 0.5) is 25.0 Å². The Morgan fingerprint density at radius 3 is 2.42 bits per heavy atom. The number of urea groups is 1. The molecule has 40 heavy (non-hydrogen) atoms. The van der Waals surface area contributed by atoms with Crippen LogP contribution < -0.4 is 10.2 Å². The Kier molecular flexibility index (Phi) is 8.39. The van der Waals surface area contributed by atoms with Crippen LogP contribution in [0.15, 0.2) is 42.5 Å². The van der Waals surface area contributed by atoms with Gasteiger partial charge in [0.2, 0.25) is 0 Å². The van der Waals surface area contributed by atoms with Crippen LogP contribution in [0, 0.1) is 5.92 Å². The molecule has 1 aliphatic carbocycles. The van der Waals surface area contributed by atoms with Gasteiger partial charge in [0.25, 0.3) is 5.78 Å². The van der Waals surface area contributed by atoms with Crippen LogP contribution >= 0.6 is 11.6 Å². The van der Waals surface area contributed by atoms with Crippen LogP contribution in [0.1, 0.15) is 55.8 Å². The van der Waals surface area contributed by atoms with Gasteiger partial charge in [-0.25, -0.2) is 14.1 Å². The number of nitrogens with one attached hydrogen (secondary N) is 1. The maximum absolute atomic E-state index is 16.4. The molecule has 0 spiro atoms. The number of para-hydroxylation sites is 1. The van der Waals surface area contributed by atoms with Crippen LogP contribution in [0.5, 0.6) is 0 Å². The molecule has 2 N–H and O–H groups in total. The number of ketones is 1. The molecule has 2 aromatic rings. The van der Waals surface area contributed by atoms with Crippen LogP contribution in [0.25, 0.3) is 0 Å². The predicted molar refractivity (Wildman–Crippen MR) is 146 cm³/mol. The van der Waals surface area contributed by atoms with E-state index in [1.54, 1.807) is 4.90 Å². The van der Waals surface area contributed by atoms with Gasteiger partial charge in [-0.15, -0.1) is 0 Å². The molecule has 3 aliphatic rings. The zero-order valence-electron chi connectivity index (χ0n) is 22.0. The number of benzene rings is 2. The summed E-state index contributed by atoms with van der Waals surface area (Å²) in [6.07, 6.45) is 0.0876. The summed E-state index contributed by atoms with van der Waals surface area (Å²) in [5.41, 5.74) is 1.94. The lowest BCUT2D eigenvalue weighted by Gasteiger charge is -2.38. The van der Waals surface area contributed by atoms with Crippen molar-refractivity contribution in [3.63, 3.8) is 0 Å². The molecule has 2 fully saturated rings. The van der Waals surface area contributed by atoms with E-state index in [1.807, 2.05) is 24.3 Å². The van der Waals surface area contributed by atoms with Gasteiger partial charge in [0.1, 0.15) is 0 Å². The number of carbonyl (C=O) groups is 3. The monoisotopic (exact) mass is 575 g/mol. The van der Waals surface area contributed by atoms with Crippen molar-refractivity contribution in [1.29, 1.82) is 0 Å². The third-order valence-electron chi connectivity index (χ3n) is 8.05. The molecule has 2 aromatic carbocycles. The number of Topliss-reactive ketones (excluding diaryl/α,β-unsaturated/α-hetero) is 1. The van der Waals surface area contributed by atoms with Gasteiger partial charge in [0, 0.05) is 25.3 Å². The lowest BCUT2D eigenvalue weighted by Crippen LogP contribution is -2.55.